The number of nitrogens with one attached hydrogen (secondary N) is 2. The smallest absolute Gasteiger partial charge is 0.0535 e. The van der Waals surface area contributed by atoms with Crippen molar-refractivity contribution >= 4 is 0 Å². The molecule has 0 spiro atoms. The van der Waals surface area contributed by atoms with E-state index in [9.17, 15) is 0 Å². The molecular formula is C10H19N3. The number of H-pyrrole nitrogens is 1. The van der Waals surface area contributed by atoms with E-state index in [1.54, 1.807) is 0 Å². The molecule has 0 saturated heterocycles. The number of aromatic amines is 1. The van der Waals surface area contributed by atoms with Gasteiger partial charge in [0, 0.05) is 23.3 Å². The van der Waals surface area contributed by atoms with E-state index >= 15 is 0 Å². The van der Waals surface area contributed by atoms with Gasteiger partial charge in [0.05, 0.1) is 6.20 Å². The van der Waals surface area contributed by atoms with Gasteiger partial charge in [-0.3, -0.25) is 5.10 Å². The van der Waals surface area contributed by atoms with E-state index in [-0.39, 0.29) is 5.54 Å². The minimum atomic E-state index is 0.212. The van der Waals surface area contributed by atoms with Crippen molar-refractivity contribution in [1.29, 1.82) is 0 Å². The lowest BCUT2D eigenvalue weighted by Gasteiger charge is -2.24. The lowest BCUT2D eigenvalue weighted by Crippen LogP contribution is -2.37. The summed E-state index contributed by atoms with van der Waals surface area (Å²) in [7, 11) is 0. The summed E-state index contributed by atoms with van der Waals surface area (Å²) in [4.78, 5) is 0. The largest absolute Gasteiger partial charge is 0.308 e. The molecule has 74 valence electrons. The normalized spacial score (nSPS) is 12.0. The predicted molar refractivity (Wildman–Crippen MR) is 54.5 cm³/mol. The maximum Gasteiger partial charge on any atom is 0.0535 e. The van der Waals surface area contributed by atoms with E-state index in [2.05, 4.69) is 36.3 Å². The van der Waals surface area contributed by atoms with Gasteiger partial charge in [0.1, 0.15) is 0 Å². The molecular weight excluding hydrogens is 162 g/mol. The van der Waals surface area contributed by atoms with Crippen LogP contribution in [0.4, 0.5) is 0 Å². The van der Waals surface area contributed by atoms with Crippen LogP contribution in [0.25, 0.3) is 0 Å². The summed E-state index contributed by atoms with van der Waals surface area (Å²) in [6.07, 6.45) is 3.01. The topological polar surface area (TPSA) is 40.7 Å². The zero-order valence-electron chi connectivity index (χ0n) is 8.94. The molecule has 1 heterocycles. The zero-order chi connectivity index (χ0) is 9.90. The van der Waals surface area contributed by atoms with Gasteiger partial charge in [0.25, 0.3) is 0 Å². The van der Waals surface area contributed by atoms with Gasteiger partial charge < -0.3 is 5.32 Å². The van der Waals surface area contributed by atoms with Crippen LogP contribution in [0.2, 0.25) is 0 Å². The highest BCUT2D eigenvalue weighted by atomic mass is 15.1. The van der Waals surface area contributed by atoms with E-state index in [1.165, 1.54) is 5.56 Å². The number of hydrogen-bond acceptors (Lipinski definition) is 2. The zero-order valence-corrected chi connectivity index (χ0v) is 8.94. The molecule has 1 rings (SSSR count). The second-order valence-corrected chi connectivity index (χ2v) is 4.11. The van der Waals surface area contributed by atoms with Gasteiger partial charge in [0.15, 0.2) is 0 Å². The first-order valence-corrected chi connectivity index (χ1v) is 4.79. The SMILES string of the molecule is CCC(C)(C)NCc1cn[nH]c1C. The van der Waals surface area contributed by atoms with Crippen molar-refractivity contribution in [3.05, 3.63) is 17.5 Å². The lowest BCUT2D eigenvalue weighted by molar-refractivity contribution is 0.374. The summed E-state index contributed by atoms with van der Waals surface area (Å²) in [5.41, 5.74) is 2.62. The summed E-state index contributed by atoms with van der Waals surface area (Å²) in [5, 5.41) is 10.4. The molecule has 0 saturated carbocycles. The summed E-state index contributed by atoms with van der Waals surface area (Å²) >= 11 is 0. The molecule has 0 bridgehead atoms. The summed E-state index contributed by atoms with van der Waals surface area (Å²) in [6.45, 7) is 9.55. The fraction of sp³-hybridized carbons (Fsp3) is 0.700. The Bertz CT molecular complexity index is 263. The third kappa shape index (κ3) is 2.84. The first-order chi connectivity index (χ1) is 6.05. The van der Waals surface area contributed by atoms with Crippen LogP contribution in [-0.4, -0.2) is 15.7 Å². The standard InChI is InChI=1S/C10H19N3/c1-5-10(3,4)11-6-9-7-12-13-8(9)2/h7,11H,5-6H2,1-4H3,(H,12,13). The van der Waals surface area contributed by atoms with Gasteiger partial charge in [-0.15, -0.1) is 0 Å². The first kappa shape index (κ1) is 10.3. The summed E-state index contributed by atoms with van der Waals surface area (Å²) in [6, 6.07) is 0. The molecule has 2 N–H and O–H groups in total. The average Bonchev–Trinajstić information content (AvgIpc) is 2.48. The average molecular weight is 181 g/mol. The Hall–Kier alpha value is -0.830. The van der Waals surface area contributed by atoms with Gasteiger partial charge in [-0.25, -0.2) is 0 Å². The van der Waals surface area contributed by atoms with Crippen molar-refractivity contribution in [2.75, 3.05) is 0 Å². The molecule has 0 aliphatic heterocycles. The monoisotopic (exact) mass is 181 g/mol. The Morgan fingerprint density at radius 1 is 1.54 bits per heavy atom. The van der Waals surface area contributed by atoms with Crippen LogP contribution in [0.1, 0.15) is 38.4 Å². The third-order valence-electron chi connectivity index (χ3n) is 2.58. The van der Waals surface area contributed by atoms with Crippen LogP contribution in [0.3, 0.4) is 0 Å². The molecule has 0 amide bonds. The Kier molecular flexibility index (Phi) is 3.09. The molecule has 0 radical (unpaired) electrons. The summed E-state index contributed by atoms with van der Waals surface area (Å²) in [5.74, 6) is 0. The molecule has 1 aromatic heterocycles. The second kappa shape index (κ2) is 3.92. The van der Waals surface area contributed by atoms with Crippen molar-refractivity contribution in [2.45, 2.75) is 46.2 Å². The van der Waals surface area contributed by atoms with Crippen molar-refractivity contribution in [1.82, 2.24) is 15.5 Å². The third-order valence-corrected chi connectivity index (χ3v) is 2.58. The Morgan fingerprint density at radius 2 is 2.23 bits per heavy atom. The molecule has 0 unspecified atom stereocenters. The van der Waals surface area contributed by atoms with Crippen molar-refractivity contribution in [2.24, 2.45) is 0 Å². The van der Waals surface area contributed by atoms with Crippen LogP contribution in [0, 0.1) is 6.92 Å². The molecule has 0 aliphatic rings. The molecule has 1 aromatic rings. The summed E-state index contributed by atoms with van der Waals surface area (Å²) < 4.78 is 0. The predicted octanol–water partition coefficient (Wildman–Crippen LogP) is 2.00. The Morgan fingerprint density at radius 3 is 2.69 bits per heavy atom. The number of nitrogens with zero attached hydrogens (tertiary/aromatic N) is 1. The van der Waals surface area contributed by atoms with Crippen LogP contribution >= 0.6 is 0 Å². The van der Waals surface area contributed by atoms with Gasteiger partial charge in [-0.1, -0.05) is 6.92 Å². The molecule has 0 aliphatic carbocycles. The fourth-order valence-corrected chi connectivity index (χ4v) is 1.01. The molecule has 13 heavy (non-hydrogen) atoms. The van der Waals surface area contributed by atoms with Crippen molar-refractivity contribution in [3.8, 4) is 0 Å². The highest BCUT2D eigenvalue weighted by Crippen LogP contribution is 2.09. The minimum Gasteiger partial charge on any atom is -0.308 e. The van der Waals surface area contributed by atoms with Crippen LogP contribution in [-0.2, 0) is 6.54 Å². The number of rotatable bonds is 4. The molecule has 0 atom stereocenters. The van der Waals surface area contributed by atoms with E-state index in [0.29, 0.717) is 0 Å². The fourth-order valence-electron chi connectivity index (χ4n) is 1.01. The van der Waals surface area contributed by atoms with E-state index in [1.807, 2.05) is 13.1 Å². The minimum absolute atomic E-state index is 0.212. The van der Waals surface area contributed by atoms with Gasteiger partial charge in [-0.05, 0) is 27.2 Å². The van der Waals surface area contributed by atoms with Gasteiger partial charge >= 0.3 is 0 Å². The van der Waals surface area contributed by atoms with Gasteiger partial charge in [0.2, 0.25) is 0 Å². The molecule has 3 nitrogen and oxygen atoms in total. The van der Waals surface area contributed by atoms with E-state index < -0.39 is 0 Å². The van der Waals surface area contributed by atoms with Crippen LogP contribution in [0.15, 0.2) is 6.20 Å². The highest BCUT2D eigenvalue weighted by molar-refractivity contribution is 5.14. The first-order valence-electron chi connectivity index (χ1n) is 4.79. The molecule has 0 aromatic carbocycles. The van der Waals surface area contributed by atoms with Crippen molar-refractivity contribution < 1.29 is 0 Å². The maximum atomic E-state index is 3.98. The molecule has 3 heteroatoms. The number of hydrogen-bond donors (Lipinski definition) is 2. The highest BCUT2D eigenvalue weighted by Gasteiger charge is 2.14. The van der Waals surface area contributed by atoms with Crippen LogP contribution in [0.5, 0.6) is 0 Å². The van der Waals surface area contributed by atoms with E-state index in [0.717, 1.165) is 18.7 Å². The lowest BCUT2D eigenvalue weighted by atomic mass is 10.0. The van der Waals surface area contributed by atoms with Crippen LogP contribution < -0.4 is 5.32 Å². The number of aryl methyl sites for hydroxylation is 1. The molecule has 0 fully saturated rings. The Balaban J connectivity index is 2.48. The van der Waals surface area contributed by atoms with Crippen molar-refractivity contribution in [3.63, 3.8) is 0 Å². The van der Waals surface area contributed by atoms with Gasteiger partial charge in [-0.2, -0.15) is 5.10 Å². The quantitative estimate of drug-likeness (QED) is 0.746. The maximum absolute atomic E-state index is 3.98. The van der Waals surface area contributed by atoms with E-state index in [4.69, 9.17) is 0 Å². The number of aromatic nitrogens is 2. The second-order valence-electron chi connectivity index (χ2n) is 4.11. The Labute approximate surface area is 79.9 Å².